The number of nitrogens with one attached hydrogen (secondary N) is 1. The Bertz CT molecular complexity index is 490. The third kappa shape index (κ3) is 3.66. The van der Waals surface area contributed by atoms with Gasteiger partial charge in [0.1, 0.15) is 17.5 Å². The van der Waals surface area contributed by atoms with E-state index < -0.39 is 0 Å². The molecule has 1 aliphatic rings. The smallest absolute Gasteiger partial charge is 0.138 e. The van der Waals surface area contributed by atoms with E-state index in [1.165, 1.54) is 12.0 Å². The number of nitrogens with zero attached hydrogens (tertiary/aromatic N) is 3. The quantitative estimate of drug-likeness (QED) is 0.917. The first kappa shape index (κ1) is 16.1. The maximum atomic E-state index is 4.90. The van der Waals surface area contributed by atoms with Crippen molar-refractivity contribution in [2.24, 2.45) is 5.92 Å². The first-order valence-electron chi connectivity index (χ1n) is 8.20. The van der Waals surface area contributed by atoms with Gasteiger partial charge in [-0.15, -0.1) is 0 Å². The highest BCUT2D eigenvalue weighted by atomic mass is 15.2. The summed E-state index contributed by atoms with van der Waals surface area (Å²) in [6, 6.07) is 0. The molecule has 21 heavy (non-hydrogen) atoms. The Morgan fingerprint density at radius 1 is 1.29 bits per heavy atom. The maximum absolute atomic E-state index is 4.90. The van der Waals surface area contributed by atoms with E-state index in [9.17, 15) is 0 Å². The Hall–Kier alpha value is -1.32. The lowest BCUT2D eigenvalue weighted by Crippen LogP contribution is -2.26. The van der Waals surface area contributed by atoms with E-state index in [1.807, 2.05) is 0 Å². The molecular formula is C17H30N4. The summed E-state index contributed by atoms with van der Waals surface area (Å²) >= 11 is 0. The minimum atomic E-state index is -0.0313. The third-order valence-electron chi connectivity index (χ3n) is 4.06. The molecule has 2 rings (SSSR count). The third-order valence-corrected chi connectivity index (χ3v) is 4.06. The SMILES string of the molecule is CCCNc1nc(C(C)(C)C)nc(N2CCC(C)C2)c1C. The fourth-order valence-corrected chi connectivity index (χ4v) is 2.69. The van der Waals surface area contributed by atoms with Crippen molar-refractivity contribution in [1.29, 1.82) is 0 Å². The Kier molecular flexibility index (Phi) is 4.74. The van der Waals surface area contributed by atoms with Gasteiger partial charge in [-0.1, -0.05) is 34.6 Å². The molecule has 1 N–H and O–H groups in total. The summed E-state index contributed by atoms with van der Waals surface area (Å²) in [5.41, 5.74) is 1.15. The van der Waals surface area contributed by atoms with Gasteiger partial charge in [0.15, 0.2) is 0 Å². The topological polar surface area (TPSA) is 41.1 Å². The molecule has 1 aromatic heterocycles. The second-order valence-corrected chi connectivity index (χ2v) is 7.36. The summed E-state index contributed by atoms with van der Waals surface area (Å²) in [7, 11) is 0. The van der Waals surface area contributed by atoms with Crippen molar-refractivity contribution < 1.29 is 0 Å². The molecule has 1 unspecified atom stereocenters. The molecule has 4 nitrogen and oxygen atoms in total. The van der Waals surface area contributed by atoms with Crippen LogP contribution in [-0.4, -0.2) is 29.6 Å². The van der Waals surface area contributed by atoms with Gasteiger partial charge in [0.2, 0.25) is 0 Å². The van der Waals surface area contributed by atoms with Crippen LogP contribution >= 0.6 is 0 Å². The minimum Gasteiger partial charge on any atom is -0.370 e. The number of hydrogen-bond acceptors (Lipinski definition) is 4. The summed E-state index contributed by atoms with van der Waals surface area (Å²) in [5.74, 6) is 3.81. The molecule has 0 spiro atoms. The van der Waals surface area contributed by atoms with E-state index in [0.717, 1.165) is 49.4 Å². The van der Waals surface area contributed by atoms with Crippen LogP contribution in [0.5, 0.6) is 0 Å². The molecule has 0 amide bonds. The molecule has 0 bridgehead atoms. The van der Waals surface area contributed by atoms with Crippen molar-refractivity contribution in [2.75, 3.05) is 29.9 Å². The Morgan fingerprint density at radius 2 is 2.00 bits per heavy atom. The monoisotopic (exact) mass is 290 g/mol. The van der Waals surface area contributed by atoms with Crippen LogP contribution in [0.25, 0.3) is 0 Å². The Labute approximate surface area is 129 Å². The van der Waals surface area contributed by atoms with Gasteiger partial charge in [-0.2, -0.15) is 0 Å². The van der Waals surface area contributed by atoms with Crippen molar-refractivity contribution in [1.82, 2.24) is 9.97 Å². The molecule has 0 aromatic carbocycles. The molecule has 1 atom stereocenters. The first-order valence-corrected chi connectivity index (χ1v) is 8.20. The fourth-order valence-electron chi connectivity index (χ4n) is 2.69. The number of aromatic nitrogens is 2. The molecule has 0 radical (unpaired) electrons. The van der Waals surface area contributed by atoms with Crippen molar-refractivity contribution in [3.8, 4) is 0 Å². The normalized spacial score (nSPS) is 19.1. The second kappa shape index (κ2) is 6.20. The standard InChI is InChI=1S/C17H30N4/c1-7-9-18-14-13(3)15(21-10-8-12(2)11-21)20-16(19-14)17(4,5)6/h12H,7-11H2,1-6H3,(H,18,19,20). The van der Waals surface area contributed by atoms with Crippen LogP contribution in [0.1, 0.15) is 58.8 Å². The molecule has 1 aliphatic heterocycles. The summed E-state index contributed by atoms with van der Waals surface area (Å²) in [5, 5.41) is 3.47. The van der Waals surface area contributed by atoms with Crippen molar-refractivity contribution in [3.05, 3.63) is 11.4 Å². The van der Waals surface area contributed by atoms with Gasteiger partial charge in [-0.05, 0) is 25.7 Å². The van der Waals surface area contributed by atoms with Crippen LogP contribution in [0.2, 0.25) is 0 Å². The maximum Gasteiger partial charge on any atom is 0.138 e. The predicted octanol–water partition coefficient (Wildman–Crippen LogP) is 3.75. The molecule has 2 heterocycles. The Morgan fingerprint density at radius 3 is 2.52 bits per heavy atom. The summed E-state index contributed by atoms with van der Waals surface area (Å²) < 4.78 is 0. The minimum absolute atomic E-state index is 0.0313. The highest BCUT2D eigenvalue weighted by Crippen LogP contribution is 2.31. The first-order chi connectivity index (χ1) is 9.82. The number of hydrogen-bond donors (Lipinski definition) is 1. The largest absolute Gasteiger partial charge is 0.370 e. The van der Waals surface area contributed by atoms with Crippen LogP contribution in [0.15, 0.2) is 0 Å². The van der Waals surface area contributed by atoms with Crippen LogP contribution in [0.4, 0.5) is 11.6 Å². The zero-order chi connectivity index (χ0) is 15.6. The van der Waals surface area contributed by atoms with Crippen LogP contribution in [-0.2, 0) is 5.41 Å². The van der Waals surface area contributed by atoms with Crippen molar-refractivity contribution in [3.63, 3.8) is 0 Å². The van der Waals surface area contributed by atoms with Crippen LogP contribution < -0.4 is 10.2 Å². The molecular weight excluding hydrogens is 260 g/mol. The van der Waals surface area contributed by atoms with Crippen molar-refractivity contribution >= 4 is 11.6 Å². The lowest BCUT2D eigenvalue weighted by atomic mass is 9.95. The highest BCUT2D eigenvalue weighted by Gasteiger charge is 2.26. The van der Waals surface area contributed by atoms with E-state index >= 15 is 0 Å². The zero-order valence-corrected chi connectivity index (χ0v) is 14.5. The van der Waals surface area contributed by atoms with Gasteiger partial charge in [-0.25, -0.2) is 9.97 Å². The van der Waals surface area contributed by atoms with Gasteiger partial charge in [-0.3, -0.25) is 0 Å². The van der Waals surface area contributed by atoms with E-state index in [2.05, 4.69) is 51.8 Å². The zero-order valence-electron chi connectivity index (χ0n) is 14.5. The average molecular weight is 290 g/mol. The number of anilines is 2. The van der Waals surface area contributed by atoms with E-state index in [1.54, 1.807) is 0 Å². The van der Waals surface area contributed by atoms with Gasteiger partial charge >= 0.3 is 0 Å². The van der Waals surface area contributed by atoms with E-state index in [-0.39, 0.29) is 5.41 Å². The molecule has 1 fully saturated rings. The van der Waals surface area contributed by atoms with Crippen molar-refractivity contribution in [2.45, 2.75) is 59.8 Å². The second-order valence-electron chi connectivity index (χ2n) is 7.36. The molecule has 1 saturated heterocycles. The Balaban J connectivity index is 2.42. The molecule has 4 heteroatoms. The summed E-state index contributed by atoms with van der Waals surface area (Å²) in [6.07, 6.45) is 2.36. The molecule has 0 saturated carbocycles. The lowest BCUT2D eigenvalue weighted by Gasteiger charge is -2.25. The fraction of sp³-hybridized carbons (Fsp3) is 0.765. The van der Waals surface area contributed by atoms with Crippen LogP contribution in [0.3, 0.4) is 0 Å². The van der Waals surface area contributed by atoms with Gasteiger partial charge in [0.25, 0.3) is 0 Å². The van der Waals surface area contributed by atoms with Crippen LogP contribution in [0, 0.1) is 12.8 Å². The summed E-state index contributed by atoms with van der Waals surface area (Å²) in [6.45, 7) is 16.3. The summed E-state index contributed by atoms with van der Waals surface area (Å²) in [4.78, 5) is 12.1. The average Bonchev–Trinajstić information content (AvgIpc) is 2.82. The molecule has 118 valence electrons. The van der Waals surface area contributed by atoms with Gasteiger partial charge in [0, 0.05) is 30.6 Å². The predicted molar refractivity (Wildman–Crippen MR) is 90.2 cm³/mol. The van der Waals surface area contributed by atoms with E-state index in [0.29, 0.717) is 0 Å². The molecule has 1 aromatic rings. The van der Waals surface area contributed by atoms with Gasteiger partial charge < -0.3 is 10.2 Å². The lowest BCUT2D eigenvalue weighted by molar-refractivity contribution is 0.544. The van der Waals surface area contributed by atoms with Gasteiger partial charge in [0.05, 0.1) is 0 Å². The molecule has 0 aliphatic carbocycles. The number of rotatable bonds is 4. The highest BCUT2D eigenvalue weighted by molar-refractivity contribution is 5.59. The van der Waals surface area contributed by atoms with E-state index in [4.69, 9.17) is 9.97 Å².